The molecule has 1 aliphatic carbocycles. The molecule has 2 heterocycles. The van der Waals surface area contributed by atoms with Crippen molar-refractivity contribution in [3.05, 3.63) is 51.9 Å². The van der Waals surface area contributed by atoms with Crippen LogP contribution in [0.4, 0.5) is 5.69 Å². The highest BCUT2D eigenvalue weighted by Gasteiger charge is 2.23. The second-order valence-electron chi connectivity index (χ2n) is 8.09. The Hall–Kier alpha value is -2.34. The Morgan fingerprint density at radius 2 is 2.00 bits per heavy atom. The zero-order chi connectivity index (χ0) is 19.5. The molecule has 6 nitrogen and oxygen atoms in total. The Kier molecular flexibility index (Phi) is 5.67. The Balaban J connectivity index is 1.26. The number of rotatable bonds is 5. The maximum Gasteiger partial charge on any atom is 0.268 e. The minimum Gasteiger partial charge on any atom is -0.497 e. The third-order valence-corrected chi connectivity index (χ3v) is 6.27. The fourth-order valence-electron chi connectivity index (χ4n) is 4.40. The van der Waals surface area contributed by atoms with Gasteiger partial charge in [-0.3, -0.25) is 4.79 Å². The molecular weight excluding hydrogens is 352 g/mol. The maximum atomic E-state index is 11.8. The fourth-order valence-corrected chi connectivity index (χ4v) is 4.40. The number of aromatic nitrogens is 2. The number of piperidine rings is 1. The van der Waals surface area contributed by atoms with Gasteiger partial charge < -0.3 is 15.0 Å². The van der Waals surface area contributed by atoms with Crippen molar-refractivity contribution < 1.29 is 4.74 Å². The summed E-state index contributed by atoms with van der Waals surface area (Å²) in [4.78, 5) is 14.1. The average Bonchev–Trinajstić information content (AvgIpc) is 2.74. The van der Waals surface area contributed by atoms with Crippen LogP contribution in [0, 0.1) is 5.92 Å². The summed E-state index contributed by atoms with van der Waals surface area (Å²) in [5.41, 5.74) is 3.80. The third kappa shape index (κ3) is 4.22. The monoisotopic (exact) mass is 382 g/mol. The molecule has 1 saturated heterocycles. The topological polar surface area (TPSA) is 59.4 Å². The first kappa shape index (κ1) is 19.0. The number of benzene rings is 1. The summed E-state index contributed by atoms with van der Waals surface area (Å²) in [5, 5.41) is 7.96. The Morgan fingerprint density at radius 3 is 2.75 bits per heavy atom. The first-order valence-corrected chi connectivity index (χ1v) is 10.3. The number of aryl methyl sites for hydroxylation is 2. The van der Waals surface area contributed by atoms with Crippen LogP contribution in [0.2, 0.25) is 0 Å². The summed E-state index contributed by atoms with van der Waals surface area (Å²) in [5.74, 6) is 1.65. The van der Waals surface area contributed by atoms with Gasteiger partial charge in [-0.05, 0) is 67.8 Å². The van der Waals surface area contributed by atoms with Crippen LogP contribution in [0.5, 0.6) is 5.75 Å². The number of fused-ring (bicyclic) bond motifs is 1. The standard InChI is InChI=1S/C22H30N4O2/c1-25-22(27)13-20(15-24-25)26-9-7-16(8-10-26)14-23-19-5-3-17-4-6-21(28-2)12-18(17)11-19/h4,6,12-13,15-16,19,23H,3,5,7-11,14H2,1-2H3. The summed E-state index contributed by atoms with van der Waals surface area (Å²) < 4.78 is 6.75. The molecule has 0 bridgehead atoms. The van der Waals surface area contributed by atoms with E-state index in [0.717, 1.165) is 56.8 Å². The van der Waals surface area contributed by atoms with Crippen molar-refractivity contribution in [2.24, 2.45) is 13.0 Å². The van der Waals surface area contributed by atoms with E-state index in [1.165, 1.54) is 22.2 Å². The number of hydrogen-bond acceptors (Lipinski definition) is 5. The van der Waals surface area contributed by atoms with Gasteiger partial charge >= 0.3 is 0 Å². The van der Waals surface area contributed by atoms with Gasteiger partial charge in [0.15, 0.2) is 0 Å². The molecule has 1 aromatic carbocycles. The van der Waals surface area contributed by atoms with Crippen LogP contribution in [0.15, 0.2) is 35.3 Å². The summed E-state index contributed by atoms with van der Waals surface area (Å²) >= 11 is 0. The second kappa shape index (κ2) is 8.35. The molecule has 4 rings (SSSR count). The van der Waals surface area contributed by atoms with Crippen molar-refractivity contribution in [2.75, 3.05) is 31.6 Å². The molecule has 0 amide bonds. The maximum absolute atomic E-state index is 11.8. The van der Waals surface area contributed by atoms with E-state index >= 15 is 0 Å². The molecule has 1 N–H and O–H groups in total. The predicted octanol–water partition coefficient (Wildman–Crippen LogP) is 2.15. The molecule has 0 radical (unpaired) electrons. The lowest BCUT2D eigenvalue weighted by Gasteiger charge is -2.34. The van der Waals surface area contributed by atoms with Gasteiger partial charge in [0.25, 0.3) is 5.56 Å². The van der Waals surface area contributed by atoms with Crippen LogP contribution in [0.1, 0.15) is 30.4 Å². The smallest absolute Gasteiger partial charge is 0.268 e. The van der Waals surface area contributed by atoms with Crippen LogP contribution in [0.3, 0.4) is 0 Å². The Bertz CT molecular complexity index is 871. The number of ether oxygens (including phenoxy) is 1. The van der Waals surface area contributed by atoms with Crippen molar-refractivity contribution in [1.29, 1.82) is 0 Å². The van der Waals surface area contributed by atoms with E-state index in [2.05, 4.69) is 33.5 Å². The largest absolute Gasteiger partial charge is 0.497 e. The molecule has 2 aromatic rings. The second-order valence-corrected chi connectivity index (χ2v) is 8.09. The molecule has 1 fully saturated rings. The molecule has 0 spiro atoms. The summed E-state index contributed by atoms with van der Waals surface area (Å²) in [6, 6.07) is 8.72. The normalized spacial score (nSPS) is 20.1. The van der Waals surface area contributed by atoms with Gasteiger partial charge in [-0.15, -0.1) is 0 Å². The number of methoxy groups -OCH3 is 1. The van der Waals surface area contributed by atoms with Gasteiger partial charge in [0.05, 0.1) is 19.0 Å². The molecule has 6 heteroatoms. The molecule has 1 atom stereocenters. The first-order valence-electron chi connectivity index (χ1n) is 10.3. The van der Waals surface area contributed by atoms with E-state index in [9.17, 15) is 4.79 Å². The van der Waals surface area contributed by atoms with E-state index in [0.29, 0.717) is 12.0 Å². The van der Waals surface area contributed by atoms with Crippen molar-refractivity contribution in [2.45, 2.75) is 38.1 Å². The van der Waals surface area contributed by atoms with Crippen molar-refractivity contribution in [3.63, 3.8) is 0 Å². The van der Waals surface area contributed by atoms with Gasteiger partial charge in [-0.1, -0.05) is 6.07 Å². The van der Waals surface area contributed by atoms with E-state index < -0.39 is 0 Å². The molecule has 1 aromatic heterocycles. The highest BCUT2D eigenvalue weighted by Crippen LogP contribution is 2.26. The fraction of sp³-hybridized carbons (Fsp3) is 0.545. The SMILES string of the molecule is COc1ccc2c(c1)CC(NCC1CCN(c3cnn(C)c(=O)c3)CC1)CC2. The van der Waals surface area contributed by atoms with Gasteiger partial charge in [-0.25, -0.2) is 4.68 Å². The predicted molar refractivity (Wildman–Crippen MR) is 111 cm³/mol. The highest BCUT2D eigenvalue weighted by molar-refractivity contribution is 5.43. The molecular formula is C22H30N4O2. The zero-order valence-electron chi connectivity index (χ0n) is 16.9. The number of nitrogens with zero attached hydrogens (tertiary/aromatic N) is 3. The van der Waals surface area contributed by atoms with E-state index in [-0.39, 0.29) is 5.56 Å². The third-order valence-electron chi connectivity index (χ3n) is 6.27. The summed E-state index contributed by atoms with van der Waals surface area (Å²) in [6.07, 6.45) is 7.54. The molecule has 2 aliphatic rings. The summed E-state index contributed by atoms with van der Waals surface area (Å²) in [7, 11) is 3.42. The van der Waals surface area contributed by atoms with Crippen molar-refractivity contribution in [3.8, 4) is 5.75 Å². The Morgan fingerprint density at radius 1 is 1.18 bits per heavy atom. The van der Waals surface area contributed by atoms with Gasteiger partial charge in [-0.2, -0.15) is 5.10 Å². The molecule has 28 heavy (non-hydrogen) atoms. The molecule has 150 valence electrons. The van der Waals surface area contributed by atoms with E-state index in [1.807, 2.05) is 0 Å². The number of hydrogen-bond donors (Lipinski definition) is 1. The number of nitrogens with one attached hydrogen (secondary N) is 1. The van der Waals surface area contributed by atoms with E-state index in [4.69, 9.17) is 4.74 Å². The molecule has 1 aliphatic heterocycles. The van der Waals surface area contributed by atoms with Crippen LogP contribution < -0.4 is 20.5 Å². The zero-order valence-corrected chi connectivity index (χ0v) is 16.9. The van der Waals surface area contributed by atoms with Crippen LogP contribution in [0.25, 0.3) is 0 Å². The Labute approximate surface area is 166 Å². The number of anilines is 1. The minimum absolute atomic E-state index is 0.0458. The van der Waals surface area contributed by atoms with Gasteiger partial charge in [0.2, 0.25) is 0 Å². The summed E-state index contributed by atoms with van der Waals surface area (Å²) in [6.45, 7) is 3.06. The molecule has 0 saturated carbocycles. The van der Waals surface area contributed by atoms with Crippen LogP contribution >= 0.6 is 0 Å². The minimum atomic E-state index is -0.0458. The quantitative estimate of drug-likeness (QED) is 0.859. The van der Waals surface area contributed by atoms with Gasteiger partial charge in [0, 0.05) is 32.2 Å². The lowest BCUT2D eigenvalue weighted by Crippen LogP contribution is -2.42. The van der Waals surface area contributed by atoms with E-state index in [1.54, 1.807) is 26.4 Å². The highest BCUT2D eigenvalue weighted by atomic mass is 16.5. The average molecular weight is 383 g/mol. The van der Waals surface area contributed by atoms with Crippen molar-refractivity contribution in [1.82, 2.24) is 15.1 Å². The lowest BCUT2D eigenvalue weighted by molar-refractivity contribution is 0.347. The van der Waals surface area contributed by atoms with Crippen LogP contribution in [-0.2, 0) is 19.9 Å². The molecule has 1 unspecified atom stereocenters. The lowest BCUT2D eigenvalue weighted by atomic mass is 9.87. The van der Waals surface area contributed by atoms with Crippen molar-refractivity contribution >= 4 is 5.69 Å². The van der Waals surface area contributed by atoms with Crippen LogP contribution in [-0.4, -0.2) is 42.6 Å². The first-order chi connectivity index (χ1) is 13.6. The van der Waals surface area contributed by atoms with Gasteiger partial charge in [0.1, 0.15) is 5.75 Å².